The lowest BCUT2D eigenvalue weighted by atomic mass is 10.1. The second-order valence-electron chi connectivity index (χ2n) is 11.0. The van der Waals surface area contributed by atoms with Crippen LogP contribution in [0.2, 0.25) is 0 Å². The first-order valence-electron chi connectivity index (χ1n) is 14.3. The molecule has 4 nitrogen and oxygen atoms in total. The van der Waals surface area contributed by atoms with Crippen molar-refractivity contribution in [3.8, 4) is 11.4 Å². The number of furan rings is 1. The second-order valence-corrected chi connectivity index (χ2v) is 11.0. The van der Waals surface area contributed by atoms with E-state index in [4.69, 9.17) is 4.42 Å². The van der Waals surface area contributed by atoms with E-state index in [1.807, 2.05) is 0 Å². The van der Waals surface area contributed by atoms with Crippen LogP contribution in [-0.4, -0.2) is 13.5 Å². The van der Waals surface area contributed by atoms with Gasteiger partial charge in [0.1, 0.15) is 11.2 Å². The second kappa shape index (κ2) is 7.93. The molecule has 0 radical (unpaired) electrons. The van der Waals surface area contributed by atoms with Gasteiger partial charge < -0.3 is 8.98 Å². The van der Waals surface area contributed by atoms with Crippen molar-refractivity contribution in [1.82, 2.24) is 13.5 Å². The minimum Gasteiger partial charge on any atom is -0.454 e. The van der Waals surface area contributed by atoms with Crippen LogP contribution in [0, 0.1) is 0 Å². The maximum absolute atomic E-state index is 6.67. The van der Waals surface area contributed by atoms with E-state index in [0.29, 0.717) is 0 Å². The molecule has 0 spiro atoms. The summed E-state index contributed by atoms with van der Waals surface area (Å²) in [6.45, 7) is 0. The highest BCUT2D eigenvalue weighted by Crippen LogP contribution is 2.39. The maximum Gasteiger partial charge on any atom is 0.159 e. The molecule has 0 amide bonds. The monoisotopic (exact) mass is 537 g/mol. The average molecular weight is 538 g/mol. The Kier molecular flexibility index (Phi) is 4.15. The van der Waals surface area contributed by atoms with Crippen LogP contribution in [0.3, 0.4) is 0 Å². The summed E-state index contributed by atoms with van der Waals surface area (Å²) >= 11 is 0. The van der Waals surface area contributed by atoms with Gasteiger partial charge in [-0.3, -0.25) is 8.97 Å². The highest BCUT2D eigenvalue weighted by molar-refractivity contribution is 6.13. The Balaban J connectivity index is 1.27. The summed E-state index contributed by atoms with van der Waals surface area (Å²) in [7, 11) is 0. The smallest absolute Gasteiger partial charge is 0.159 e. The Morgan fingerprint density at radius 3 is 1.86 bits per heavy atom. The lowest BCUT2D eigenvalue weighted by Gasteiger charge is -2.08. The van der Waals surface area contributed by atoms with E-state index in [1.165, 1.54) is 43.7 Å². The van der Waals surface area contributed by atoms with Gasteiger partial charge in [-0.05, 0) is 60.7 Å². The Morgan fingerprint density at radius 2 is 1.07 bits per heavy atom. The quantitative estimate of drug-likeness (QED) is 0.216. The van der Waals surface area contributed by atoms with Gasteiger partial charge in [0.05, 0.1) is 33.3 Å². The Morgan fingerprint density at radius 1 is 0.429 bits per heavy atom. The molecule has 0 saturated heterocycles. The highest BCUT2D eigenvalue weighted by Gasteiger charge is 2.19. The van der Waals surface area contributed by atoms with E-state index in [-0.39, 0.29) is 0 Å². The molecule has 0 fully saturated rings. The van der Waals surface area contributed by atoms with Crippen molar-refractivity contribution in [2.24, 2.45) is 0 Å². The predicted molar refractivity (Wildman–Crippen MR) is 173 cm³/mol. The van der Waals surface area contributed by atoms with Crippen LogP contribution in [0.25, 0.3) is 82.7 Å². The SMILES string of the molecule is c1ccc2c(c1)cc1n(-c3ccc4oc5c(-n6c7ccccc7c7ccccc76)cccc5c4c3)c3ccccc3n21. The summed E-state index contributed by atoms with van der Waals surface area (Å²) in [6.07, 6.45) is 0. The van der Waals surface area contributed by atoms with Gasteiger partial charge in [-0.2, -0.15) is 0 Å². The fourth-order valence-corrected chi connectivity index (χ4v) is 7.06. The number of hydrogen-bond donors (Lipinski definition) is 0. The summed E-state index contributed by atoms with van der Waals surface area (Å²) < 4.78 is 13.7. The van der Waals surface area contributed by atoms with Crippen LogP contribution in [0.15, 0.2) is 144 Å². The van der Waals surface area contributed by atoms with E-state index < -0.39 is 0 Å². The van der Waals surface area contributed by atoms with Crippen molar-refractivity contribution >= 4 is 71.3 Å². The molecule has 4 aromatic heterocycles. The average Bonchev–Trinajstić information content (AvgIpc) is 3.78. The first-order chi connectivity index (χ1) is 20.8. The van der Waals surface area contributed by atoms with Gasteiger partial charge in [-0.15, -0.1) is 0 Å². The molecule has 0 aliphatic carbocycles. The topological polar surface area (TPSA) is 27.4 Å². The van der Waals surface area contributed by atoms with E-state index in [2.05, 4.69) is 153 Å². The standard InChI is InChI=1S/C38H23N3O/c1-4-14-30-24(10-1)22-37-39(33-17-7-8-18-34(33)41(30)37)25-20-21-36-29(23-25)28-13-9-19-35(38(28)42-36)40-31-15-5-2-11-26(31)27-12-3-6-16-32(27)40/h1-23H. The van der Waals surface area contributed by atoms with Crippen LogP contribution in [-0.2, 0) is 0 Å². The molecule has 4 heterocycles. The highest BCUT2D eigenvalue weighted by atomic mass is 16.3. The van der Waals surface area contributed by atoms with Gasteiger partial charge in [-0.1, -0.05) is 78.9 Å². The van der Waals surface area contributed by atoms with Crippen molar-refractivity contribution in [3.05, 3.63) is 140 Å². The van der Waals surface area contributed by atoms with Gasteiger partial charge in [0.15, 0.2) is 5.58 Å². The van der Waals surface area contributed by atoms with Crippen molar-refractivity contribution < 1.29 is 4.42 Å². The molecule has 4 heteroatoms. The molecule has 10 aromatic rings. The van der Waals surface area contributed by atoms with E-state index in [1.54, 1.807) is 0 Å². The lowest BCUT2D eigenvalue weighted by Crippen LogP contribution is -1.94. The molecule has 42 heavy (non-hydrogen) atoms. The minimum absolute atomic E-state index is 0.884. The molecule has 196 valence electrons. The number of para-hydroxylation sites is 6. The van der Waals surface area contributed by atoms with Gasteiger partial charge in [0.25, 0.3) is 0 Å². The number of rotatable bonds is 2. The largest absolute Gasteiger partial charge is 0.454 e. The molecule has 0 atom stereocenters. The first-order valence-corrected chi connectivity index (χ1v) is 14.3. The molecule has 10 rings (SSSR count). The van der Waals surface area contributed by atoms with Crippen LogP contribution >= 0.6 is 0 Å². The van der Waals surface area contributed by atoms with Gasteiger partial charge in [-0.25, -0.2) is 0 Å². The number of imidazole rings is 1. The van der Waals surface area contributed by atoms with Crippen molar-refractivity contribution in [2.45, 2.75) is 0 Å². The van der Waals surface area contributed by atoms with Gasteiger partial charge >= 0.3 is 0 Å². The van der Waals surface area contributed by atoms with Crippen molar-refractivity contribution in [2.75, 3.05) is 0 Å². The maximum atomic E-state index is 6.67. The van der Waals surface area contributed by atoms with Crippen LogP contribution < -0.4 is 0 Å². The minimum atomic E-state index is 0.884. The first kappa shape index (κ1) is 22.0. The fourth-order valence-electron chi connectivity index (χ4n) is 7.06. The molecular formula is C38H23N3O. The molecule has 0 saturated carbocycles. The number of aromatic nitrogens is 3. The summed E-state index contributed by atoms with van der Waals surface area (Å²) in [6, 6.07) is 49.8. The van der Waals surface area contributed by atoms with Crippen molar-refractivity contribution in [1.29, 1.82) is 0 Å². The molecule has 0 bridgehead atoms. The summed E-state index contributed by atoms with van der Waals surface area (Å²) in [4.78, 5) is 0. The fraction of sp³-hybridized carbons (Fsp3) is 0. The number of fused-ring (bicyclic) bond motifs is 11. The Bertz CT molecular complexity index is 2640. The number of hydrogen-bond acceptors (Lipinski definition) is 1. The third kappa shape index (κ3) is 2.76. The van der Waals surface area contributed by atoms with Crippen LogP contribution in [0.5, 0.6) is 0 Å². The molecule has 0 aliphatic heterocycles. The number of nitrogens with zero attached hydrogens (tertiary/aromatic N) is 3. The Labute approximate surface area is 239 Å². The summed E-state index contributed by atoms with van der Waals surface area (Å²) in [5.41, 5.74) is 11.0. The zero-order chi connectivity index (χ0) is 27.4. The zero-order valence-electron chi connectivity index (χ0n) is 22.5. The van der Waals surface area contributed by atoms with E-state index >= 15 is 0 Å². The van der Waals surface area contributed by atoms with E-state index in [9.17, 15) is 0 Å². The lowest BCUT2D eigenvalue weighted by molar-refractivity contribution is 0.666. The van der Waals surface area contributed by atoms with Crippen LogP contribution in [0.1, 0.15) is 0 Å². The zero-order valence-corrected chi connectivity index (χ0v) is 22.5. The summed E-state index contributed by atoms with van der Waals surface area (Å²) in [5, 5.41) is 5.94. The van der Waals surface area contributed by atoms with Crippen molar-refractivity contribution in [3.63, 3.8) is 0 Å². The van der Waals surface area contributed by atoms with E-state index in [0.717, 1.165) is 39.0 Å². The third-order valence-electron chi connectivity index (χ3n) is 8.82. The molecule has 6 aromatic carbocycles. The molecular weight excluding hydrogens is 514 g/mol. The number of benzene rings is 6. The summed E-state index contributed by atoms with van der Waals surface area (Å²) in [5.74, 6) is 0. The Hall–Kier alpha value is -5.74. The normalized spacial score (nSPS) is 12.3. The van der Waals surface area contributed by atoms with Gasteiger partial charge in [0, 0.05) is 32.6 Å². The molecule has 0 aliphatic rings. The predicted octanol–water partition coefficient (Wildman–Crippen LogP) is 10.0. The van der Waals surface area contributed by atoms with Gasteiger partial charge in [0.2, 0.25) is 0 Å². The molecule has 0 N–H and O–H groups in total. The van der Waals surface area contributed by atoms with Crippen LogP contribution in [0.4, 0.5) is 0 Å². The third-order valence-corrected chi connectivity index (χ3v) is 8.82. The molecule has 0 unspecified atom stereocenters.